The van der Waals surface area contributed by atoms with Crippen LogP contribution in [0.3, 0.4) is 0 Å². The van der Waals surface area contributed by atoms with Gasteiger partial charge in [-0.25, -0.2) is 0 Å². The van der Waals surface area contributed by atoms with Crippen LogP contribution in [0.4, 0.5) is 0 Å². The second kappa shape index (κ2) is 10.1. The molecule has 0 aliphatic rings. The molecule has 0 spiro atoms. The van der Waals surface area contributed by atoms with E-state index in [0.29, 0.717) is 12.8 Å². The van der Waals surface area contributed by atoms with Gasteiger partial charge in [0.25, 0.3) is 0 Å². The molecule has 2 rings (SSSR count). The van der Waals surface area contributed by atoms with Crippen molar-refractivity contribution in [2.24, 2.45) is 0 Å². The van der Waals surface area contributed by atoms with Gasteiger partial charge in [0.2, 0.25) is 0 Å². The number of carboxylic acid groups (broad SMARTS) is 1. The Labute approximate surface area is 148 Å². The van der Waals surface area contributed by atoms with Gasteiger partial charge in [-0.2, -0.15) is 0 Å². The molecule has 0 heterocycles. The Kier molecular flexibility index (Phi) is 7.86. The number of aliphatic carboxylic acids is 1. The number of carbonyl (C=O) groups is 1. The van der Waals surface area contributed by atoms with E-state index in [2.05, 4.69) is 0 Å². The summed E-state index contributed by atoms with van der Waals surface area (Å²) in [7, 11) is -3.30. The van der Waals surface area contributed by atoms with E-state index in [-0.39, 0.29) is 25.8 Å². The first-order valence-corrected chi connectivity index (χ1v) is 9.98. The van der Waals surface area contributed by atoms with Crippen molar-refractivity contribution >= 4 is 13.6 Å². The molecule has 0 aliphatic carbocycles. The van der Waals surface area contributed by atoms with Gasteiger partial charge in [0, 0.05) is 6.42 Å². The van der Waals surface area contributed by atoms with Crippen molar-refractivity contribution in [2.75, 3.05) is 6.16 Å². The normalized spacial score (nSPS) is 11.4. The van der Waals surface area contributed by atoms with Crippen LogP contribution in [0.5, 0.6) is 0 Å². The third-order valence-corrected chi connectivity index (χ3v) is 5.52. The van der Waals surface area contributed by atoms with E-state index in [9.17, 15) is 9.36 Å². The Morgan fingerprint density at radius 3 is 1.76 bits per heavy atom. The van der Waals surface area contributed by atoms with E-state index in [1.807, 2.05) is 60.7 Å². The van der Waals surface area contributed by atoms with Gasteiger partial charge in [-0.3, -0.25) is 9.36 Å². The summed E-state index contributed by atoms with van der Waals surface area (Å²) in [5.41, 5.74) is 1.83. The third-order valence-electron chi connectivity index (χ3n) is 3.61. The molecule has 0 bridgehead atoms. The molecule has 0 atom stereocenters. The summed E-state index contributed by atoms with van der Waals surface area (Å²) in [4.78, 5) is 10.6. The lowest BCUT2D eigenvalue weighted by Crippen LogP contribution is -2.03. The number of hydrogen-bond donors (Lipinski definition) is 1. The number of benzene rings is 2. The molecular weight excluding hydrogens is 339 g/mol. The summed E-state index contributed by atoms with van der Waals surface area (Å²) in [6.45, 7) is 0.400. The number of unbranched alkanes of at least 4 members (excludes halogenated alkanes) is 1. The van der Waals surface area contributed by atoms with Crippen molar-refractivity contribution in [1.29, 1.82) is 0 Å². The average Bonchev–Trinajstić information content (AvgIpc) is 2.64. The molecule has 6 heteroatoms. The number of rotatable bonds is 11. The maximum absolute atomic E-state index is 13.0. The van der Waals surface area contributed by atoms with Gasteiger partial charge in [0.05, 0.1) is 19.4 Å². The highest BCUT2D eigenvalue weighted by molar-refractivity contribution is 7.53. The topological polar surface area (TPSA) is 72.8 Å². The minimum atomic E-state index is -3.30. The molecule has 0 radical (unpaired) electrons. The summed E-state index contributed by atoms with van der Waals surface area (Å²) >= 11 is 0. The van der Waals surface area contributed by atoms with Crippen LogP contribution in [0.1, 0.15) is 30.4 Å². The molecule has 0 amide bonds. The predicted octanol–water partition coefficient (Wildman–Crippen LogP) is 4.87. The monoisotopic (exact) mass is 362 g/mol. The average molecular weight is 362 g/mol. The SMILES string of the molecule is O=C(O)CCCCP(=O)(OCc1ccccc1)OCc1ccccc1. The minimum Gasteiger partial charge on any atom is -0.481 e. The van der Waals surface area contributed by atoms with Crippen molar-refractivity contribution in [1.82, 2.24) is 0 Å². The van der Waals surface area contributed by atoms with E-state index >= 15 is 0 Å². The number of carboxylic acids is 1. The Hall–Kier alpha value is -1.94. The zero-order chi connectivity index (χ0) is 18.0. The van der Waals surface area contributed by atoms with Crippen LogP contribution in [0, 0.1) is 0 Å². The van der Waals surface area contributed by atoms with Crippen LogP contribution < -0.4 is 0 Å². The quantitative estimate of drug-likeness (QED) is 0.456. The lowest BCUT2D eigenvalue weighted by molar-refractivity contribution is -0.137. The third kappa shape index (κ3) is 7.65. The van der Waals surface area contributed by atoms with Crippen molar-refractivity contribution in [3.8, 4) is 0 Å². The smallest absolute Gasteiger partial charge is 0.331 e. The molecule has 0 unspecified atom stereocenters. The fourth-order valence-corrected chi connectivity index (χ4v) is 3.88. The fraction of sp³-hybridized carbons (Fsp3) is 0.316. The van der Waals surface area contributed by atoms with Crippen LogP contribution in [0.15, 0.2) is 60.7 Å². The summed E-state index contributed by atoms with van der Waals surface area (Å²) in [5.74, 6) is -0.856. The van der Waals surface area contributed by atoms with Gasteiger partial charge in [0.1, 0.15) is 0 Å². The largest absolute Gasteiger partial charge is 0.481 e. The summed E-state index contributed by atoms with van der Waals surface area (Å²) < 4.78 is 24.3. The Balaban J connectivity index is 1.93. The Bertz CT molecular complexity index is 640. The van der Waals surface area contributed by atoms with Crippen LogP contribution in [-0.4, -0.2) is 17.2 Å². The van der Waals surface area contributed by atoms with Gasteiger partial charge < -0.3 is 14.2 Å². The molecule has 5 nitrogen and oxygen atoms in total. The maximum Gasteiger partial charge on any atom is 0.331 e. The second-order valence-electron chi connectivity index (χ2n) is 5.70. The van der Waals surface area contributed by atoms with Crippen molar-refractivity contribution in [3.63, 3.8) is 0 Å². The maximum atomic E-state index is 13.0. The molecule has 2 aromatic rings. The highest BCUT2D eigenvalue weighted by atomic mass is 31.2. The number of hydrogen-bond acceptors (Lipinski definition) is 4. The molecule has 0 aliphatic heterocycles. The highest BCUT2D eigenvalue weighted by Crippen LogP contribution is 2.50. The predicted molar refractivity (Wildman–Crippen MR) is 96.4 cm³/mol. The standard InChI is InChI=1S/C19H23O5P/c20-19(21)13-7-8-14-25(22,23-15-17-9-3-1-4-10-17)24-16-18-11-5-2-6-12-18/h1-6,9-12H,7-8,13-16H2,(H,20,21). The molecular formula is C19H23O5P. The van der Waals surface area contributed by atoms with Crippen molar-refractivity contribution in [2.45, 2.75) is 32.5 Å². The first kappa shape index (κ1) is 19.4. The van der Waals surface area contributed by atoms with E-state index in [1.165, 1.54) is 0 Å². The highest BCUT2D eigenvalue weighted by Gasteiger charge is 2.24. The van der Waals surface area contributed by atoms with Crippen molar-refractivity contribution < 1.29 is 23.5 Å². The van der Waals surface area contributed by atoms with E-state index < -0.39 is 13.6 Å². The lowest BCUT2D eigenvalue weighted by Gasteiger charge is -2.19. The van der Waals surface area contributed by atoms with Crippen LogP contribution in [0.2, 0.25) is 0 Å². The van der Waals surface area contributed by atoms with Gasteiger partial charge >= 0.3 is 13.6 Å². The Morgan fingerprint density at radius 1 is 0.840 bits per heavy atom. The molecule has 0 saturated carbocycles. The van der Waals surface area contributed by atoms with Crippen LogP contribution in [-0.2, 0) is 31.6 Å². The van der Waals surface area contributed by atoms with Gasteiger partial charge in [0.15, 0.2) is 0 Å². The molecule has 0 saturated heterocycles. The van der Waals surface area contributed by atoms with Gasteiger partial charge in [-0.05, 0) is 24.0 Å². The first-order valence-electron chi connectivity index (χ1n) is 8.25. The summed E-state index contributed by atoms with van der Waals surface area (Å²) in [6.07, 6.45) is 1.19. The van der Waals surface area contributed by atoms with Gasteiger partial charge in [-0.1, -0.05) is 60.7 Å². The first-order chi connectivity index (χ1) is 12.1. The van der Waals surface area contributed by atoms with Crippen LogP contribution >= 0.6 is 7.60 Å². The second-order valence-corrected chi connectivity index (χ2v) is 7.89. The van der Waals surface area contributed by atoms with E-state index in [1.54, 1.807) is 0 Å². The lowest BCUT2D eigenvalue weighted by atomic mass is 10.2. The van der Waals surface area contributed by atoms with Crippen LogP contribution in [0.25, 0.3) is 0 Å². The van der Waals surface area contributed by atoms with Gasteiger partial charge in [-0.15, -0.1) is 0 Å². The zero-order valence-electron chi connectivity index (χ0n) is 14.0. The van der Waals surface area contributed by atoms with E-state index in [4.69, 9.17) is 14.2 Å². The summed E-state index contributed by atoms with van der Waals surface area (Å²) in [5, 5.41) is 8.72. The van der Waals surface area contributed by atoms with E-state index in [0.717, 1.165) is 11.1 Å². The molecule has 2 aromatic carbocycles. The summed E-state index contributed by atoms with van der Waals surface area (Å²) in [6, 6.07) is 18.9. The molecule has 0 aromatic heterocycles. The van der Waals surface area contributed by atoms with Crippen molar-refractivity contribution in [3.05, 3.63) is 71.8 Å². The Morgan fingerprint density at radius 2 is 1.32 bits per heavy atom. The zero-order valence-corrected chi connectivity index (χ0v) is 14.9. The minimum absolute atomic E-state index is 0.0529. The molecule has 134 valence electrons. The molecule has 25 heavy (non-hydrogen) atoms. The molecule has 1 N–H and O–H groups in total. The fourth-order valence-electron chi connectivity index (χ4n) is 2.24. The molecule has 0 fully saturated rings.